The molecule has 3 heteroatoms. The van der Waals surface area contributed by atoms with Crippen LogP contribution in [-0.2, 0) is 0 Å². The summed E-state index contributed by atoms with van der Waals surface area (Å²) in [5, 5.41) is 9.32. The van der Waals surface area contributed by atoms with Crippen LogP contribution in [0.4, 0.5) is 4.39 Å². The highest BCUT2D eigenvalue weighted by molar-refractivity contribution is 5.30. The van der Waals surface area contributed by atoms with Crippen molar-refractivity contribution < 1.29 is 14.2 Å². The van der Waals surface area contributed by atoms with Crippen LogP contribution < -0.4 is 4.74 Å². The molecule has 0 aromatic heterocycles. The number of halogens is 1. The van der Waals surface area contributed by atoms with Gasteiger partial charge in [0.2, 0.25) is 0 Å². The van der Waals surface area contributed by atoms with Crippen molar-refractivity contribution >= 4 is 0 Å². The van der Waals surface area contributed by atoms with Crippen LogP contribution in [0.1, 0.15) is 44.3 Å². The van der Waals surface area contributed by atoms with Gasteiger partial charge in [-0.1, -0.05) is 12.1 Å². The summed E-state index contributed by atoms with van der Waals surface area (Å²) in [6.07, 6.45) is 5.31. The van der Waals surface area contributed by atoms with E-state index < -0.39 is 11.9 Å². The van der Waals surface area contributed by atoms with E-state index >= 15 is 0 Å². The van der Waals surface area contributed by atoms with Gasteiger partial charge in [-0.05, 0) is 50.3 Å². The molecule has 0 aliphatic heterocycles. The standard InChI is InChI=1S/C15H21FO2/c1-3-4-5-6-7-10-18-15-9-8-13(12(2)17)11-14(15)16/h3,8-9,11-12,17H,1,4-7,10H2,2H3. The Hall–Kier alpha value is -1.35. The minimum absolute atomic E-state index is 0.253. The monoisotopic (exact) mass is 252 g/mol. The third kappa shape index (κ3) is 4.88. The Morgan fingerprint density at radius 3 is 2.78 bits per heavy atom. The van der Waals surface area contributed by atoms with Crippen molar-refractivity contribution in [1.29, 1.82) is 0 Å². The zero-order valence-corrected chi connectivity index (χ0v) is 10.9. The molecule has 0 heterocycles. The third-order valence-corrected chi connectivity index (χ3v) is 2.75. The van der Waals surface area contributed by atoms with Gasteiger partial charge in [0, 0.05) is 0 Å². The molecule has 1 atom stereocenters. The molecule has 100 valence electrons. The zero-order chi connectivity index (χ0) is 13.4. The van der Waals surface area contributed by atoms with E-state index in [1.807, 2.05) is 6.08 Å². The second-order valence-electron chi connectivity index (χ2n) is 4.35. The molecule has 0 spiro atoms. The van der Waals surface area contributed by atoms with Gasteiger partial charge in [0.1, 0.15) is 0 Å². The predicted octanol–water partition coefficient (Wildman–Crippen LogP) is 4.00. The molecule has 0 fully saturated rings. The topological polar surface area (TPSA) is 29.5 Å². The molecule has 0 radical (unpaired) electrons. The fourth-order valence-corrected chi connectivity index (χ4v) is 1.64. The number of aliphatic hydroxyl groups excluding tert-OH is 1. The Morgan fingerprint density at radius 2 is 2.17 bits per heavy atom. The summed E-state index contributed by atoms with van der Waals surface area (Å²) in [4.78, 5) is 0. The van der Waals surface area contributed by atoms with E-state index in [-0.39, 0.29) is 5.75 Å². The number of aliphatic hydroxyl groups is 1. The minimum Gasteiger partial charge on any atom is -0.491 e. The summed E-state index contributed by atoms with van der Waals surface area (Å²) in [6.45, 7) is 5.78. The fourth-order valence-electron chi connectivity index (χ4n) is 1.64. The second-order valence-corrected chi connectivity index (χ2v) is 4.35. The Kier molecular flexibility index (Phi) is 6.44. The number of hydrogen-bond acceptors (Lipinski definition) is 2. The molecular formula is C15H21FO2. The first-order valence-electron chi connectivity index (χ1n) is 6.36. The van der Waals surface area contributed by atoms with E-state index in [0.717, 1.165) is 25.7 Å². The summed E-state index contributed by atoms with van der Waals surface area (Å²) >= 11 is 0. The molecule has 1 unspecified atom stereocenters. The summed E-state index contributed by atoms with van der Waals surface area (Å²) in [5.41, 5.74) is 0.561. The van der Waals surface area contributed by atoms with Crippen LogP contribution in [0, 0.1) is 5.82 Å². The predicted molar refractivity (Wildman–Crippen MR) is 71.2 cm³/mol. The molecule has 1 N–H and O–H groups in total. The average Bonchev–Trinajstić information content (AvgIpc) is 2.35. The fraction of sp³-hybridized carbons (Fsp3) is 0.467. The van der Waals surface area contributed by atoms with E-state index in [0.29, 0.717) is 12.2 Å². The number of benzene rings is 1. The van der Waals surface area contributed by atoms with Crippen LogP contribution in [-0.4, -0.2) is 11.7 Å². The SMILES string of the molecule is C=CCCCCCOc1ccc(C(C)O)cc1F. The van der Waals surface area contributed by atoms with Gasteiger partial charge in [0.15, 0.2) is 11.6 Å². The van der Waals surface area contributed by atoms with Crippen molar-refractivity contribution in [2.45, 2.75) is 38.7 Å². The van der Waals surface area contributed by atoms with Crippen molar-refractivity contribution in [2.75, 3.05) is 6.61 Å². The molecular weight excluding hydrogens is 231 g/mol. The number of allylic oxidation sites excluding steroid dienone is 1. The summed E-state index contributed by atoms with van der Waals surface area (Å²) < 4.78 is 19.0. The van der Waals surface area contributed by atoms with Crippen molar-refractivity contribution in [3.63, 3.8) is 0 Å². The van der Waals surface area contributed by atoms with Crippen molar-refractivity contribution in [1.82, 2.24) is 0 Å². The van der Waals surface area contributed by atoms with Crippen LogP contribution in [0.15, 0.2) is 30.9 Å². The summed E-state index contributed by atoms with van der Waals surface area (Å²) in [6, 6.07) is 4.57. The van der Waals surface area contributed by atoms with E-state index in [4.69, 9.17) is 4.74 Å². The van der Waals surface area contributed by atoms with Crippen LogP contribution in [0.25, 0.3) is 0 Å². The van der Waals surface area contributed by atoms with Crippen LogP contribution >= 0.6 is 0 Å². The normalized spacial score (nSPS) is 12.2. The molecule has 18 heavy (non-hydrogen) atoms. The van der Waals surface area contributed by atoms with Crippen molar-refractivity contribution in [3.8, 4) is 5.75 Å². The van der Waals surface area contributed by atoms with Crippen LogP contribution in [0.5, 0.6) is 5.75 Å². The first-order valence-corrected chi connectivity index (χ1v) is 6.36. The maximum Gasteiger partial charge on any atom is 0.165 e. The summed E-state index contributed by atoms with van der Waals surface area (Å²) in [5.74, 6) is -0.164. The number of ether oxygens (including phenoxy) is 1. The Bertz CT molecular complexity index is 375. The Morgan fingerprint density at radius 1 is 1.39 bits per heavy atom. The maximum atomic E-state index is 13.6. The molecule has 0 saturated heterocycles. The molecule has 0 bridgehead atoms. The zero-order valence-electron chi connectivity index (χ0n) is 10.9. The number of rotatable bonds is 8. The van der Waals surface area contributed by atoms with Gasteiger partial charge in [-0.15, -0.1) is 6.58 Å². The first-order chi connectivity index (χ1) is 8.65. The first kappa shape index (κ1) is 14.7. The highest BCUT2D eigenvalue weighted by Crippen LogP contribution is 2.22. The van der Waals surface area contributed by atoms with Crippen molar-refractivity contribution in [2.24, 2.45) is 0 Å². The maximum absolute atomic E-state index is 13.6. The lowest BCUT2D eigenvalue weighted by Crippen LogP contribution is -2.00. The summed E-state index contributed by atoms with van der Waals surface area (Å²) in [7, 11) is 0. The largest absolute Gasteiger partial charge is 0.491 e. The molecule has 0 amide bonds. The third-order valence-electron chi connectivity index (χ3n) is 2.75. The molecule has 0 aliphatic carbocycles. The van der Waals surface area contributed by atoms with Gasteiger partial charge in [0.05, 0.1) is 12.7 Å². The highest BCUT2D eigenvalue weighted by Gasteiger charge is 2.07. The lowest BCUT2D eigenvalue weighted by molar-refractivity contribution is 0.198. The Balaban J connectivity index is 2.36. The second kappa shape index (κ2) is 7.88. The molecule has 1 aromatic carbocycles. The van der Waals surface area contributed by atoms with Gasteiger partial charge in [-0.25, -0.2) is 4.39 Å². The smallest absolute Gasteiger partial charge is 0.165 e. The van der Waals surface area contributed by atoms with Crippen LogP contribution in [0.2, 0.25) is 0 Å². The molecule has 2 nitrogen and oxygen atoms in total. The minimum atomic E-state index is -0.660. The lowest BCUT2D eigenvalue weighted by atomic mass is 10.1. The van der Waals surface area contributed by atoms with E-state index in [1.165, 1.54) is 6.07 Å². The van der Waals surface area contributed by atoms with Gasteiger partial charge >= 0.3 is 0 Å². The van der Waals surface area contributed by atoms with E-state index in [9.17, 15) is 9.50 Å². The van der Waals surface area contributed by atoms with Gasteiger partial charge < -0.3 is 9.84 Å². The van der Waals surface area contributed by atoms with Gasteiger partial charge in [0.25, 0.3) is 0 Å². The van der Waals surface area contributed by atoms with Gasteiger partial charge in [-0.2, -0.15) is 0 Å². The quantitative estimate of drug-likeness (QED) is 0.559. The number of hydrogen-bond donors (Lipinski definition) is 1. The molecule has 1 rings (SSSR count). The Labute approximate surface area is 108 Å². The van der Waals surface area contributed by atoms with Crippen LogP contribution in [0.3, 0.4) is 0 Å². The van der Waals surface area contributed by atoms with Gasteiger partial charge in [-0.3, -0.25) is 0 Å². The molecule has 0 saturated carbocycles. The highest BCUT2D eigenvalue weighted by atomic mass is 19.1. The van der Waals surface area contributed by atoms with Crippen molar-refractivity contribution in [3.05, 3.63) is 42.2 Å². The average molecular weight is 252 g/mol. The molecule has 1 aromatic rings. The number of unbranched alkanes of at least 4 members (excludes halogenated alkanes) is 3. The lowest BCUT2D eigenvalue weighted by Gasteiger charge is -2.09. The molecule has 0 aliphatic rings. The van der Waals surface area contributed by atoms with E-state index in [1.54, 1.807) is 19.1 Å². The van der Waals surface area contributed by atoms with E-state index in [2.05, 4.69) is 6.58 Å².